The number of para-hydroxylation sites is 1. The van der Waals surface area contributed by atoms with Crippen LogP contribution in [0.15, 0.2) is 72.8 Å². The Kier molecular flexibility index (Phi) is 21.6. The van der Waals surface area contributed by atoms with Crippen molar-refractivity contribution in [3.8, 4) is 17.1 Å². The summed E-state index contributed by atoms with van der Waals surface area (Å²) >= 11 is 0. The third-order valence-corrected chi connectivity index (χ3v) is 12.0. The first kappa shape index (κ1) is 56.4. The Morgan fingerprint density at radius 2 is 1.05 bits per heavy atom. The van der Waals surface area contributed by atoms with E-state index in [-0.39, 0.29) is 44.7 Å². The average Bonchev–Trinajstić information content (AvgIpc) is 3.42. The minimum atomic E-state index is -1.43. The molecule has 0 unspecified atom stereocenters. The molecule has 3 saturated heterocycles. The Morgan fingerprint density at radius 3 is 1.56 bits per heavy atom. The number of piperazine rings is 3. The van der Waals surface area contributed by atoms with Gasteiger partial charge in [0.25, 0.3) is 17.7 Å². The normalized spacial score (nSPS) is 15.8. The van der Waals surface area contributed by atoms with Gasteiger partial charge in [0.2, 0.25) is 0 Å². The lowest BCUT2D eigenvalue weighted by Gasteiger charge is -2.36. The number of carbonyl (C=O) groups excluding carboxylic acids is 7. The van der Waals surface area contributed by atoms with Crippen molar-refractivity contribution in [3.63, 3.8) is 0 Å². The summed E-state index contributed by atoms with van der Waals surface area (Å²) in [6.07, 6.45) is -5.59. The number of aromatic nitrogens is 2. The summed E-state index contributed by atoms with van der Waals surface area (Å²) in [4.78, 5) is 99.1. The van der Waals surface area contributed by atoms with Gasteiger partial charge < -0.3 is 69.2 Å². The van der Waals surface area contributed by atoms with Crippen LogP contribution in [0.4, 0.5) is 10.6 Å². The maximum absolute atomic E-state index is 12.5. The van der Waals surface area contributed by atoms with Gasteiger partial charge in [0.1, 0.15) is 36.5 Å². The van der Waals surface area contributed by atoms with Crippen molar-refractivity contribution in [2.24, 2.45) is 0 Å². The van der Waals surface area contributed by atoms with Gasteiger partial charge >= 0.3 is 24.0 Å². The lowest BCUT2D eigenvalue weighted by atomic mass is 10.1. The minimum absolute atomic E-state index is 0.102. The highest BCUT2D eigenvalue weighted by molar-refractivity contribution is 5.92. The maximum Gasteiger partial charge on any atom is 0.410 e. The van der Waals surface area contributed by atoms with Crippen LogP contribution in [0.2, 0.25) is 0 Å². The van der Waals surface area contributed by atoms with Crippen molar-refractivity contribution >= 4 is 58.4 Å². The molecule has 394 valence electrons. The van der Waals surface area contributed by atoms with E-state index in [1.807, 2.05) is 61.5 Å². The largest absolute Gasteiger partial charge is 0.507 e. The van der Waals surface area contributed by atoms with Gasteiger partial charge in [-0.25, -0.2) is 14.8 Å². The van der Waals surface area contributed by atoms with Crippen molar-refractivity contribution in [2.75, 3.05) is 105 Å². The molecule has 3 aliphatic rings. The molecule has 4 heterocycles. The summed E-state index contributed by atoms with van der Waals surface area (Å²) < 4.78 is 18.6. The molecule has 3 fully saturated rings. The van der Waals surface area contributed by atoms with E-state index in [9.17, 15) is 54.0 Å². The molecular weight excluding hydrogens is 953 g/mol. The van der Waals surface area contributed by atoms with E-state index in [4.69, 9.17) is 9.72 Å². The van der Waals surface area contributed by atoms with Gasteiger partial charge in [-0.05, 0) is 42.3 Å². The van der Waals surface area contributed by atoms with E-state index in [0.717, 1.165) is 40.9 Å². The van der Waals surface area contributed by atoms with E-state index < -0.39 is 60.0 Å². The lowest BCUT2D eigenvalue weighted by Crippen LogP contribution is -2.53. The van der Waals surface area contributed by atoms with Crippen LogP contribution in [0.5, 0.6) is 5.75 Å². The number of aliphatic hydroxyl groups is 3. The molecular formula is C50H64N8O15. The predicted molar refractivity (Wildman–Crippen MR) is 262 cm³/mol. The molecule has 23 nitrogen and oxygen atoms in total. The Labute approximate surface area is 422 Å². The number of ether oxygens (including phenoxy) is 4. The molecule has 0 spiro atoms. The van der Waals surface area contributed by atoms with Gasteiger partial charge in [-0.1, -0.05) is 48.5 Å². The van der Waals surface area contributed by atoms with Gasteiger partial charge in [0.05, 0.1) is 51.7 Å². The first-order valence-electron chi connectivity index (χ1n) is 23.6. The Hall–Kier alpha value is -7.47. The third-order valence-electron chi connectivity index (χ3n) is 12.0. The molecule has 0 bridgehead atoms. The van der Waals surface area contributed by atoms with E-state index in [1.54, 1.807) is 28.0 Å². The molecule has 3 atom stereocenters. The number of fused-ring (bicyclic) bond motifs is 1. The summed E-state index contributed by atoms with van der Waals surface area (Å²) in [7, 11) is 3.64. The third kappa shape index (κ3) is 16.5. The molecule has 5 N–H and O–H groups in total. The zero-order chi connectivity index (χ0) is 53.0. The number of amides is 4. The number of esters is 3. The summed E-state index contributed by atoms with van der Waals surface area (Å²) in [5, 5.41) is 43.6. The topological polar surface area (TPSA) is 291 Å². The highest BCUT2D eigenvalue weighted by atomic mass is 16.6. The maximum atomic E-state index is 12.5. The number of methoxy groups -OCH3 is 3. The number of phenols is 1. The van der Waals surface area contributed by atoms with Gasteiger partial charge in [0.15, 0.2) is 5.82 Å². The molecule has 1 aromatic heterocycles. The molecule has 0 radical (unpaired) electrons. The summed E-state index contributed by atoms with van der Waals surface area (Å²) in [6, 6.07) is 22.3. The van der Waals surface area contributed by atoms with Crippen molar-refractivity contribution in [3.05, 3.63) is 83.9 Å². The molecule has 73 heavy (non-hydrogen) atoms. The Morgan fingerprint density at radius 1 is 0.589 bits per heavy atom. The van der Waals surface area contributed by atoms with Crippen LogP contribution in [-0.2, 0) is 54.3 Å². The number of aryl methyl sites for hydroxylation is 1. The van der Waals surface area contributed by atoms with E-state index in [2.05, 4.69) is 29.4 Å². The number of hydrogen-bond acceptors (Lipinski definition) is 19. The second kappa shape index (κ2) is 28.0. The predicted octanol–water partition coefficient (Wildman–Crippen LogP) is 0.617. The highest BCUT2D eigenvalue weighted by Gasteiger charge is 2.32. The highest BCUT2D eigenvalue weighted by Crippen LogP contribution is 2.32. The van der Waals surface area contributed by atoms with Crippen LogP contribution in [0, 0.1) is 6.92 Å². The Balaban J connectivity index is 0.000000218. The zero-order valence-electron chi connectivity index (χ0n) is 41.4. The number of aromatic hydroxyl groups is 1. The Bertz CT molecular complexity index is 2510. The van der Waals surface area contributed by atoms with Crippen LogP contribution in [-0.4, -0.2) is 210 Å². The molecule has 7 rings (SSSR count). The quantitative estimate of drug-likeness (QED) is 0.0906. The van der Waals surface area contributed by atoms with Crippen LogP contribution in [0.1, 0.15) is 30.4 Å². The van der Waals surface area contributed by atoms with E-state index in [1.165, 1.54) is 31.1 Å². The van der Waals surface area contributed by atoms with Gasteiger partial charge in [-0.3, -0.25) is 28.8 Å². The molecule has 0 aliphatic carbocycles. The average molecular weight is 1020 g/mol. The van der Waals surface area contributed by atoms with E-state index in [0.29, 0.717) is 63.7 Å². The summed E-state index contributed by atoms with van der Waals surface area (Å²) in [5.41, 5.74) is 3.27. The molecule has 3 aliphatic heterocycles. The van der Waals surface area contributed by atoms with Gasteiger partial charge in [-0.15, -0.1) is 0 Å². The number of phenolic OH excluding ortho intramolecular Hbond substituents is 1. The first-order chi connectivity index (χ1) is 35.0. The molecule has 3 aromatic carbocycles. The molecule has 4 amide bonds. The van der Waals surface area contributed by atoms with Gasteiger partial charge in [0, 0.05) is 83.9 Å². The lowest BCUT2D eigenvalue weighted by molar-refractivity contribution is -0.151. The number of aliphatic hydroxyl groups excluding tert-OH is 3. The minimum Gasteiger partial charge on any atom is -0.507 e. The van der Waals surface area contributed by atoms with E-state index >= 15 is 0 Å². The second-order valence-electron chi connectivity index (χ2n) is 17.0. The molecule has 4 aromatic rings. The monoisotopic (exact) mass is 1020 g/mol. The van der Waals surface area contributed by atoms with Crippen LogP contribution < -0.4 is 10.2 Å². The first-order valence-corrected chi connectivity index (χ1v) is 23.6. The fraction of sp³-hybridized carbons (Fsp3) is 0.460. The van der Waals surface area contributed by atoms with Crippen molar-refractivity contribution in [2.45, 2.75) is 51.1 Å². The SMILES string of the molecule is COC(=O)C[C@@H](O)C(=O)N1CCN(C(=O)OCc2ccccc2)CC1.COC(=O)C[C@@H](O)C(=O)N1CCN(c2nc(-c3ccccc3O)nc3cc(C)ccc23)CC1.COC(=O)C[C@@H](O)C(=O)N1CCNCC1. The van der Waals surface area contributed by atoms with Crippen LogP contribution in [0.3, 0.4) is 0 Å². The van der Waals surface area contributed by atoms with Crippen molar-refractivity contribution in [1.82, 2.24) is 34.9 Å². The van der Waals surface area contributed by atoms with Gasteiger partial charge in [-0.2, -0.15) is 0 Å². The fourth-order valence-electron chi connectivity index (χ4n) is 7.81. The number of rotatable bonds is 13. The standard InChI is InChI=1S/C24H26N4O5.C17H22N2O6.C9H16N2O4/c1-15-7-8-16-18(13-15)25-22(17-5-3-4-6-19(17)29)26-23(16)27-9-11-28(12-10-27)24(32)20(30)14-21(31)33-2;1-24-15(21)11-14(20)16(22)18-7-9-19(10-8-18)17(23)25-12-13-5-3-2-4-6-13;1-15-8(13)6-7(12)9(14)11-4-2-10-3-5-11/h3-8,13,20,29-30H,9-12,14H2,1-2H3;2-6,14,20H,7-12H2,1H3;7,10,12H,2-6H2,1H3/t20-;14-;7-/m111/s1. The number of anilines is 1. The number of nitrogens with one attached hydrogen (secondary N) is 1. The molecule has 23 heteroatoms. The van der Waals surface area contributed by atoms with Crippen LogP contribution in [0.25, 0.3) is 22.3 Å². The number of carbonyl (C=O) groups is 7. The smallest absolute Gasteiger partial charge is 0.410 e. The van der Waals surface area contributed by atoms with Crippen LogP contribution >= 0.6 is 0 Å². The number of benzene rings is 3. The summed E-state index contributed by atoms with van der Waals surface area (Å²) in [6.45, 7) is 7.67. The summed E-state index contributed by atoms with van der Waals surface area (Å²) in [5.74, 6) is -2.04. The fourth-order valence-corrected chi connectivity index (χ4v) is 7.81. The number of hydrogen-bond donors (Lipinski definition) is 5. The number of nitrogens with zero attached hydrogens (tertiary/aromatic N) is 7. The van der Waals surface area contributed by atoms with Crippen molar-refractivity contribution < 1.29 is 72.9 Å². The zero-order valence-corrected chi connectivity index (χ0v) is 41.4. The van der Waals surface area contributed by atoms with Crippen molar-refractivity contribution in [1.29, 1.82) is 0 Å². The second-order valence-corrected chi connectivity index (χ2v) is 17.0. The molecule has 0 saturated carbocycles.